The van der Waals surface area contributed by atoms with E-state index in [-0.39, 0.29) is 5.78 Å². The molecule has 140 valence electrons. The Bertz CT molecular complexity index is 1000. The highest BCUT2D eigenvalue weighted by atomic mass is 35.5. The van der Waals surface area contributed by atoms with Crippen LogP contribution in [-0.4, -0.2) is 34.9 Å². The van der Waals surface area contributed by atoms with E-state index in [1.54, 1.807) is 0 Å². The number of rotatable bonds is 5. The molecule has 4 nitrogen and oxygen atoms in total. The summed E-state index contributed by atoms with van der Waals surface area (Å²) in [5, 5.41) is 9.01. The fraction of sp³-hybridized carbons (Fsp3) is 0.333. The fourth-order valence-electron chi connectivity index (χ4n) is 3.75. The Kier molecular flexibility index (Phi) is 5.43. The third-order valence-electron chi connectivity index (χ3n) is 5.28. The summed E-state index contributed by atoms with van der Waals surface area (Å²) in [6, 6.07) is 15.4. The van der Waals surface area contributed by atoms with Crippen LogP contribution in [0.2, 0.25) is 5.02 Å². The highest BCUT2D eigenvalue weighted by Gasteiger charge is 2.22. The highest BCUT2D eigenvalue weighted by Crippen LogP contribution is 2.25. The number of Topliss-reactive ketones (excluding diaryl/α,β-unsaturated/α-hetero) is 1. The Morgan fingerprint density at radius 2 is 1.89 bits per heavy atom. The first-order valence-electron chi connectivity index (χ1n) is 9.24. The van der Waals surface area contributed by atoms with Crippen molar-refractivity contribution in [3.05, 3.63) is 63.9 Å². The number of hydrogen-bond donors (Lipinski definition) is 1. The van der Waals surface area contributed by atoms with Crippen LogP contribution in [0.1, 0.15) is 23.2 Å². The Morgan fingerprint density at radius 3 is 2.63 bits per heavy atom. The zero-order valence-electron chi connectivity index (χ0n) is 15.0. The Morgan fingerprint density at radius 1 is 1.15 bits per heavy atom. The van der Waals surface area contributed by atoms with Crippen LogP contribution in [0, 0.1) is 11.3 Å². The lowest BCUT2D eigenvalue weighted by molar-refractivity contribution is 0.0890. The van der Waals surface area contributed by atoms with E-state index in [2.05, 4.69) is 9.47 Å². The number of aromatic nitrogens is 1. The van der Waals surface area contributed by atoms with E-state index in [1.807, 2.05) is 48.5 Å². The van der Waals surface area contributed by atoms with Crippen molar-refractivity contribution in [3.63, 3.8) is 0 Å². The number of halogens is 1. The van der Waals surface area contributed by atoms with E-state index < -0.39 is 0 Å². The fourth-order valence-corrected chi connectivity index (χ4v) is 4.94. The van der Waals surface area contributed by atoms with Crippen molar-refractivity contribution in [1.29, 1.82) is 5.41 Å². The molecule has 0 radical (unpaired) electrons. The molecule has 0 amide bonds. The van der Waals surface area contributed by atoms with Crippen LogP contribution in [-0.2, 0) is 6.54 Å². The minimum Gasteiger partial charge on any atom is -0.317 e. The molecule has 1 aliphatic heterocycles. The lowest BCUT2D eigenvalue weighted by atomic mass is 9.96. The van der Waals surface area contributed by atoms with Gasteiger partial charge in [-0.1, -0.05) is 53.3 Å². The molecule has 2 aromatic carbocycles. The van der Waals surface area contributed by atoms with Crippen molar-refractivity contribution in [1.82, 2.24) is 9.47 Å². The summed E-state index contributed by atoms with van der Waals surface area (Å²) in [4.78, 5) is 15.2. The number of ketones is 1. The lowest BCUT2D eigenvalue weighted by Crippen LogP contribution is -2.38. The second-order valence-electron chi connectivity index (χ2n) is 7.14. The number of nitrogens with zero attached hydrogens (tertiary/aromatic N) is 2. The van der Waals surface area contributed by atoms with Gasteiger partial charge in [-0.15, -0.1) is 0 Å². The van der Waals surface area contributed by atoms with Crippen LogP contribution < -0.4 is 4.80 Å². The van der Waals surface area contributed by atoms with Crippen LogP contribution in [0.25, 0.3) is 10.2 Å². The normalized spacial score (nSPS) is 16.0. The first-order chi connectivity index (χ1) is 13.1. The van der Waals surface area contributed by atoms with E-state index in [0.717, 1.165) is 48.3 Å². The number of carbonyl (C=O) groups is 1. The molecule has 1 aliphatic rings. The zero-order valence-corrected chi connectivity index (χ0v) is 16.6. The third-order valence-corrected chi connectivity index (χ3v) is 6.47. The second kappa shape index (κ2) is 7.97. The van der Waals surface area contributed by atoms with Crippen molar-refractivity contribution in [2.75, 3.05) is 19.6 Å². The van der Waals surface area contributed by atoms with Gasteiger partial charge in [0.2, 0.25) is 0 Å². The van der Waals surface area contributed by atoms with Crippen LogP contribution in [0.4, 0.5) is 0 Å². The summed E-state index contributed by atoms with van der Waals surface area (Å²) in [6.07, 6.45) is 2.11. The van der Waals surface area contributed by atoms with Gasteiger partial charge in [-0.05, 0) is 50.0 Å². The van der Waals surface area contributed by atoms with Crippen molar-refractivity contribution >= 4 is 38.9 Å². The molecule has 0 aliphatic carbocycles. The van der Waals surface area contributed by atoms with E-state index >= 15 is 0 Å². The molecule has 0 unspecified atom stereocenters. The summed E-state index contributed by atoms with van der Waals surface area (Å²) < 4.78 is 3.17. The largest absolute Gasteiger partial charge is 0.317 e. The number of nitrogens with one attached hydrogen (secondary N) is 1. The Labute approximate surface area is 167 Å². The molecule has 4 rings (SSSR count). The molecule has 6 heteroatoms. The summed E-state index contributed by atoms with van der Waals surface area (Å²) in [7, 11) is 0. The van der Waals surface area contributed by atoms with Crippen LogP contribution >= 0.6 is 22.9 Å². The van der Waals surface area contributed by atoms with Crippen molar-refractivity contribution in [2.45, 2.75) is 19.4 Å². The van der Waals surface area contributed by atoms with E-state index in [0.29, 0.717) is 22.3 Å². The zero-order chi connectivity index (χ0) is 18.8. The minimum absolute atomic E-state index is 0.192. The molecule has 0 spiro atoms. The van der Waals surface area contributed by atoms with Crippen LogP contribution in [0.15, 0.2) is 48.5 Å². The van der Waals surface area contributed by atoms with Gasteiger partial charge in [0.1, 0.15) is 0 Å². The molecule has 27 heavy (non-hydrogen) atoms. The minimum atomic E-state index is 0.192. The molecule has 2 heterocycles. The number of hydrogen-bond acceptors (Lipinski definition) is 4. The van der Waals surface area contributed by atoms with E-state index in [9.17, 15) is 4.79 Å². The number of benzene rings is 2. The standard InChI is InChI=1S/C21H22ClN3OS/c22-17-6-7-18-20(12-17)27-21(23)25(18)13-15-8-10-24(11-9-15)14-19(26)16-4-2-1-3-5-16/h1-7,12,15,23H,8-11,13-14H2. The average Bonchev–Trinajstić information content (AvgIpc) is 2.98. The number of fused-ring (bicyclic) bond motifs is 1. The van der Waals surface area contributed by atoms with Gasteiger partial charge in [-0.3, -0.25) is 15.1 Å². The summed E-state index contributed by atoms with van der Waals surface area (Å²) >= 11 is 7.56. The monoisotopic (exact) mass is 399 g/mol. The summed E-state index contributed by atoms with van der Waals surface area (Å²) in [5.74, 6) is 0.730. The molecule has 1 N–H and O–H groups in total. The molecular formula is C21H22ClN3OS. The van der Waals surface area contributed by atoms with Crippen LogP contribution in [0.5, 0.6) is 0 Å². The molecular weight excluding hydrogens is 378 g/mol. The van der Waals surface area contributed by atoms with Gasteiger partial charge in [0.05, 0.1) is 16.8 Å². The number of piperidine rings is 1. The number of thiazole rings is 1. The molecule has 1 saturated heterocycles. The van der Waals surface area contributed by atoms with Gasteiger partial charge in [0.15, 0.2) is 10.6 Å². The molecule has 0 atom stereocenters. The predicted molar refractivity (Wildman–Crippen MR) is 111 cm³/mol. The number of carbonyl (C=O) groups excluding carboxylic acids is 1. The first-order valence-corrected chi connectivity index (χ1v) is 10.4. The Hall–Kier alpha value is -1.95. The van der Waals surface area contributed by atoms with Crippen molar-refractivity contribution < 1.29 is 4.79 Å². The van der Waals surface area contributed by atoms with Gasteiger partial charge in [0, 0.05) is 17.1 Å². The SMILES string of the molecule is N=c1sc2cc(Cl)ccc2n1CC1CCN(CC(=O)c2ccccc2)CC1. The maximum atomic E-state index is 12.4. The molecule has 0 bridgehead atoms. The topological polar surface area (TPSA) is 49.1 Å². The van der Waals surface area contributed by atoms with Gasteiger partial charge in [-0.2, -0.15) is 0 Å². The van der Waals surface area contributed by atoms with Crippen LogP contribution in [0.3, 0.4) is 0 Å². The molecule has 0 saturated carbocycles. The van der Waals surface area contributed by atoms with Gasteiger partial charge in [-0.25, -0.2) is 0 Å². The van der Waals surface area contributed by atoms with Gasteiger partial charge < -0.3 is 4.57 Å². The molecule has 1 fully saturated rings. The van der Waals surface area contributed by atoms with Gasteiger partial charge in [0.25, 0.3) is 0 Å². The summed E-state index contributed by atoms with van der Waals surface area (Å²) in [6.45, 7) is 3.23. The quantitative estimate of drug-likeness (QED) is 0.645. The highest BCUT2D eigenvalue weighted by molar-refractivity contribution is 7.16. The van der Waals surface area contributed by atoms with E-state index in [4.69, 9.17) is 17.0 Å². The van der Waals surface area contributed by atoms with Gasteiger partial charge >= 0.3 is 0 Å². The Balaban J connectivity index is 1.37. The lowest BCUT2D eigenvalue weighted by Gasteiger charge is -2.31. The smallest absolute Gasteiger partial charge is 0.182 e. The summed E-state index contributed by atoms with van der Waals surface area (Å²) in [5.41, 5.74) is 1.88. The first kappa shape index (κ1) is 18.4. The maximum absolute atomic E-state index is 12.4. The third kappa shape index (κ3) is 4.15. The molecule has 3 aromatic rings. The maximum Gasteiger partial charge on any atom is 0.182 e. The van der Waals surface area contributed by atoms with Crippen molar-refractivity contribution in [3.8, 4) is 0 Å². The predicted octanol–water partition coefficient (Wildman–Crippen LogP) is 4.43. The number of likely N-dealkylation sites (tertiary alicyclic amines) is 1. The average molecular weight is 400 g/mol. The molecule has 1 aromatic heterocycles. The second-order valence-corrected chi connectivity index (χ2v) is 8.61. The van der Waals surface area contributed by atoms with Crippen molar-refractivity contribution in [2.24, 2.45) is 5.92 Å². The van der Waals surface area contributed by atoms with E-state index in [1.165, 1.54) is 11.3 Å².